The van der Waals surface area contributed by atoms with Gasteiger partial charge < -0.3 is 14.5 Å². The van der Waals surface area contributed by atoms with E-state index in [1.54, 1.807) is 48.5 Å². The number of amides is 1. The number of ether oxygens (including phenoxy) is 1. The second-order valence-corrected chi connectivity index (χ2v) is 7.71. The van der Waals surface area contributed by atoms with E-state index in [9.17, 15) is 14.9 Å². The number of carbonyl (C=O) groups excluding carboxylic acids is 1. The first-order valence-electron chi connectivity index (χ1n) is 8.91. The van der Waals surface area contributed by atoms with Gasteiger partial charge in [-0.05, 0) is 42.1 Å². The molecule has 0 saturated carbocycles. The molecule has 0 bridgehead atoms. The first kappa shape index (κ1) is 20.7. The number of halogens is 1. The summed E-state index contributed by atoms with van der Waals surface area (Å²) in [4.78, 5) is 27.5. The smallest absolute Gasteiger partial charge is 0.273 e. The number of para-hydroxylation sites is 1. The van der Waals surface area contributed by atoms with Gasteiger partial charge in [-0.2, -0.15) is 0 Å². The van der Waals surface area contributed by atoms with Gasteiger partial charge in [0.2, 0.25) is 0 Å². The number of rotatable bonds is 5. The lowest BCUT2D eigenvalue weighted by Crippen LogP contribution is -2.19. The first-order valence-corrected chi connectivity index (χ1v) is 10.1. The molecule has 0 radical (unpaired) electrons. The molecular weight excluding hydrogens is 442 g/mol. The van der Waals surface area contributed by atoms with Crippen molar-refractivity contribution in [1.29, 1.82) is 0 Å². The van der Waals surface area contributed by atoms with E-state index in [-0.39, 0.29) is 11.6 Å². The maximum atomic E-state index is 12.3. The van der Waals surface area contributed by atoms with Gasteiger partial charge in [-0.15, -0.1) is 0 Å². The predicted octanol–water partition coefficient (Wildman–Crippen LogP) is 5.41. The molecule has 1 amide bonds. The van der Waals surface area contributed by atoms with Crippen molar-refractivity contribution < 1.29 is 18.9 Å². The summed E-state index contributed by atoms with van der Waals surface area (Å²) in [7, 11) is 1.42. The van der Waals surface area contributed by atoms with Crippen LogP contribution in [0.3, 0.4) is 0 Å². The molecule has 31 heavy (non-hydrogen) atoms. The Bertz CT molecular complexity index is 1250. The number of amidine groups is 1. The number of nitro benzene ring substituents is 1. The summed E-state index contributed by atoms with van der Waals surface area (Å²) < 4.78 is 11.1. The Morgan fingerprint density at radius 2 is 2.03 bits per heavy atom. The Morgan fingerprint density at radius 3 is 2.77 bits per heavy atom. The molecule has 0 unspecified atom stereocenters. The number of carbonyl (C=O) groups is 1. The minimum absolute atomic E-state index is 0.0844. The number of benzene rings is 2. The van der Waals surface area contributed by atoms with Crippen molar-refractivity contribution in [2.75, 3.05) is 7.11 Å². The summed E-state index contributed by atoms with van der Waals surface area (Å²) in [6.45, 7) is 0. The van der Waals surface area contributed by atoms with Gasteiger partial charge in [0.15, 0.2) is 5.17 Å². The number of nitro groups is 1. The third kappa shape index (κ3) is 4.47. The Labute approximate surface area is 185 Å². The summed E-state index contributed by atoms with van der Waals surface area (Å²) in [5.74, 6) is 0.894. The fraction of sp³-hybridized carbons (Fsp3) is 0.0476. The van der Waals surface area contributed by atoms with Gasteiger partial charge in [0, 0.05) is 12.1 Å². The average Bonchev–Trinajstić information content (AvgIpc) is 3.36. The van der Waals surface area contributed by atoms with Crippen LogP contribution < -0.4 is 10.1 Å². The summed E-state index contributed by atoms with van der Waals surface area (Å²) in [6, 6.07) is 14.7. The number of nitrogens with one attached hydrogen (secondary N) is 1. The van der Waals surface area contributed by atoms with Crippen LogP contribution in [0, 0.1) is 10.1 Å². The van der Waals surface area contributed by atoms with E-state index >= 15 is 0 Å². The third-order valence-corrected chi connectivity index (χ3v) is 5.52. The van der Waals surface area contributed by atoms with E-state index in [1.807, 2.05) is 0 Å². The number of hydrogen-bond acceptors (Lipinski definition) is 7. The van der Waals surface area contributed by atoms with Crippen molar-refractivity contribution in [2.45, 2.75) is 0 Å². The number of aliphatic imine (C=N–C) groups is 1. The van der Waals surface area contributed by atoms with Crippen LogP contribution in [0.15, 0.2) is 68.9 Å². The lowest BCUT2D eigenvalue weighted by atomic mass is 10.1. The monoisotopic (exact) mass is 455 g/mol. The maximum Gasteiger partial charge on any atom is 0.273 e. The number of nitrogens with zero attached hydrogens (tertiary/aromatic N) is 2. The highest BCUT2D eigenvalue weighted by molar-refractivity contribution is 8.18. The van der Waals surface area contributed by atoms with Gasteiger partial charge in [-0.3, -0.25) is 14.9 Å². The van der Waals surface area contributed by atoms with Crippen LogP contribution >= 0.6 is 23.4 Å². The SMILES string of the molecule is COc1cc([N+](=O)[O-])ccc1-c1ccc(/C=C2/SC(=Nc3ccccc3Cl)NC2=O)o1. The fourth-order valence-electron chi connectivity index (χ4n) is 2.83. The Hall–Kier alpha value is -3.56. The molecule has 0 spiro atoms. The van der Waals surface area contributed by atoms with Crippen LogP contribution in [0.5, 0.6) is 5.75 Å². The van der Waals surface area contributed by atoms with Gasteiger partial charge >= 0.3 is 0 Å². The van der Waals surface area contributed by atoms with Crippen LogP contribution in [0.2, 0.25) is 5.02 Å². The van der Waals surface area contributed by atoms with Gasteiger partial charge in [0.1, 0.15) is 17.3 Å². The standard InChI is InChI=1S/C21H14ClN3O5S/c1-29-18-10-12(25(27)28)6-8-14(18)17-9-7-13(30-17)11-19-20(26)24-21(31-19)23-16-5-3-2-4-15(16)22/h2-11H,1H3,(H,23,24,26)/b19-11+. The molecule has 0 atom stereocenters. The highest BCUT2D eigenvalue weighted by Crippen LogP contribution is 2.36. The van der Waals surface area contributed by atoms with Crippen molar-refractivity contribution in [1.82, 2.24) is 5.32 Å². The zero-order valence-electron chi connectivity index (χ0n) is 16.0. The Morgan fingerprint density at radius 1 is 1.23 bits per heavy atom. The lowest BCUT2D eigenvalue weighted by molar-refractivity contribution is -0.384. The molecule has 1 N–H and O–H groups in total. The molecule has 3 aromatic rings. The number of methoxy groups -OCH3 is 1. The topological polar surface area (TPSA) is 107 Å². The number of furan rings is 1. The molecule has 2 aromatic carbocycles. The lowest BCUT2D eigenvalue weighted by Gasteiger charge is -2.05. The van der Waals surface area contributed by atoms with E-state index in [0.717, 1.165) is 0 Å². The van der Waals surface area contributed by atoms with E-state index in [0.29, 0.717) is 43.6 Å². The van der Waals surface area contributed by atoms with Crippen molar-refractivity contribution in [3.63, 3.8) is 0 Å². The molecule has 2 heterocycles. The Kier molecular flexibility index (Phi) is 5.79. The third-order valence-electron chi connectivity index (χ3n) is 4.29. The molecule has 156 valence electrons. The highest BCUT2D eigenvalue weighted by Gasteiger charge is 2.25. The van der Waals surface area contributed by atoms with Gasteiger partial charge in [0.25, 0.3) is 11.6 Å². The number of non-ortho nitro benzene ring substituents is 1. The summed E-state index contributed by atoms with van der Waals surface area (Å²) in [5, 5.41) is 14.6. The van der Waals surface area contributed by atoms with Crippen LogP contribution in [-0.4, -0.2) is 23.1 Å². The van der Waals surface area contributed by atoms with Crippen LogP contribution in [0.4, 0.5) is 11.4 Å². The molecule has 1 aliphatic rings. The predicted molar refractivity (Wildman–Crippen MR) is 120 cm³/mol. The second-order valence-electron chi connectivity index (χ2n) is 6.28. The van der Waals surface area contributed by atoms with Crippen LogP contribution in [0.25, 0.3) is 17.4 Å². The number of hydrogen-bond donors (Lipinski definition) is 1. The second kappa shape index (κ2) is 8.66. The largest absolute Gasteiger partial charge is 0.496 e. The molecule has 4 rings (SSSR count). The maximum absolute atomic E-state index is 12.3. The van der Waals surface area contributed by atoms with E-state index in [2.05, 4.69) is 10.3 Å². The minimum atomic E-state index is -0.498. The van der Waals surface area contributed by atoms with E-state index in [1.165, 1.54) is 31.0 Å². The molecule has 0 aliphatic carbocycles. The Balaban J connectivity index is 1.58. The van der Waals surface area contributed by atoms with Crippen molar-refractivity contribution in [3.8, 4) is 17.1 Å². The quantitative estimate of drug-likeness (QED) is 0.313. The summed E-state index contributed by atoms with van der Waals surface area (Å²) in [5.41, 5.74) is 1.03. The van der Waals surface area contributed by atoms with Gasteiger partial charge in [-0.1, -0.05) is 23.7 Å². The summed E-state index contributed by atoms with van der Waals surface area (Å²) in [6.07, 6.45) is 1.59. The van der Waals surface area contributed by atoms with Gasteiger partial charge in [-0.25, -0.2) is 4.99 Å². The summed E-state index contributed by atoms with van der Waals surface area (Å²) >= 11 is 7.28. The highest BCUT2D eigenvalue weighted by atomic mass is 35.5. The van der Waals surface area contributed by atoms with E-state index < -0.39 is 4.92 Å². The zero-order chi connectivity index (χ0) is 22.0. The van der Waals surface area contributed by atoms with Gasteiger partial charge in [0.05, 0.1) is 39.3 Å². The zero-order valence-corrected chi connectivity index (χ0v) is 17.6. The molecule has 1 aliphatic heterocycles. The number of thioether (sulfide) groups is 1. The average molecular weight is 456 g/mol. The first-order chi connectivity index (χ1) is 14.9. The molecule has 8 nitrogen and oxygen atoms in total. The molecule has 1 aromatic heterocycles. The molecular formula is C21H14ClN3O5S. The van der Waals surface area contributed by atoms with Crippen LogP contribution in [-0.2, 0) is 4.79 Å². The van der Waals surface area contributed by atoms with Crippen molar-refractivity contribution >= 4 is 51.9 Å². The molecule has 1 saturated heterocycles. The van der Waals surface area contributed by atoms with Crippen LogP contribution in [0.1, 0.15) is 5.76 Å². The molecule has 10 heteroatoms. The normalized spacial score (nSPS) is 16.0. The van der Waals surface area contributed by atoms with Crippen molar-refractivity contribution in [2.24, 2.45) is 4.99 Å². The molecule has 1 fully saturated rings. The van der Waals surface area contributed by atoms with E-state index in [4.69, 9.17) is 20.8 Å². The minimum Gasteiger partial charge on any atom is -0.496 e. The van der Waals surface area contributed by atoms with Crippen molar-refractivity contribution in [3.05, 3.63) is 80.4 Å². The fourth-order valence-corrected chi connectivity index (χ4v) is 3.83.